The third-order valence-electron chi connectivity index (χ3n) is 4.65. The van der Waals surface area contributed by atoms with Crippen molar-refractivity contribution in [2.45, 2.75) is 25.9 Å². The molecule has 0 bridgehead atoms. The Bertz CT molecular complexity index is 780. The van der Waals surface area contributed by atoms with Crippen LogP contribution in [0.2, 0.25) is 0 Å². The number of hydrogen-bond acceptors (Lipinski definition) is 4. The third kappa shape index (κ3) is 4.08. The average molecular weight is 364 g/mol. The van der Waals surface area contributed by atoms with Crippen LogP contribution < -0.4 is 0 Å². The van der Waals surface area contributed by atoms with E-state index in [1.165, 1.54) is 6.07 Å². The van der Waals surface area contributed by atoms with Gasteiger partial charge in [-0.3, -0.25) is 14.8 Å². The third-order valence-corrected chi connectivity index (χ3v) is 4.65. The summed E-state index contributed by atoms with van der Waals surface area (Å²) in [6, 6.07) is 5.50. The summed E-state index contributed by atoms with van der Waals surface area (Å²) in [5, 5.41) is 16.1. The number of rotatable bonds is 5. The number of hydrogen-bond donors (Lipinski definition) is 2. The van der Waals surface area contributed by atoms with Crippen LogP contribution in [0.4, 0.5) is 8.78 Å². The van der Waals surface area contributed by atoms with Gasteiger partial charge in [-0.05, 0) is 37.1 Å². The molecule has 0 aliphatic carbocycles. The van der Waals surface area contributed by atoms with Crippen molar-refractivity contribution >= 4 is 5.91 Å². The number of aromatic nitrogens is 2. The summed E-state index contributed by atoms with van der Waals surface area (Å²) in [6.45, 7) is 3.80. The number of aliphatic hydroxyl groups excluding tert-OH is 1. The molecule has 6 nitrogen and oxygen atoms in total. The van der Waals surface area contributed by atoms with E-state index < -0.39 is 11.6 Å². The molecule has 0 saturated carbocycles. The Balaban J connectivity index is 1.69. The summed E-state index contributed by atoms with van der Waals surface area (Å²) >= 11 is 0. The maximum Gasteiger partial charge on any atom is 0.274 e. The van der Waals surface area contributed by atoms with Crippen LogP contribution in [-0.2, 0) is 6.54 Å². The Morgan fingerprint density at radius 2 is 2.12 bits per heavy atom. The van der Waals surface area contributed by atoms with Crippen molar-refractivity contribution in [3.63, 3.8) is 0 Å². The van der Waals surface area contributed by atoms with Gasteiger partial charge in [-0.1, -0.05) is 6.07 Å². The topological polar surface area (TPSA) is 72.5 Å². The van der Waals surface area contributed by atoms with Crippen molar-refractivity contribution in [2.24, 2.45) is 0 Å². The molecule has 2 heterocycles. The van der Waals surface area contributed by atoms with Crippen LogP contribution in [0.25, 0.3) is 0 Å². The Morgan fingerprint density at radius 3 is 2.77 bits per heavy atom. The quantitative estimate of drug-likeness (QED) is 0.847. The summed E-state index contributed by atoms with van der Waals surface area (Å²) in [6.07, 6.45) is 0.493. The highest BCUT2D eigenvalue weighted by Gasteiger charge is 2.30. The molecule has 2 N–H and O–H groups in total. The molecule has 1 aromatic heterocycles. The number of benzene rings is 1. The largest absolute Gasteiger partial charge is 0.396 e. The molecule has 2 aromatic rings. The van der Waals surface area contributed by atoms with E-state index >= 15 is 0 Å². The van der Waals surface area contributed by atoms with E-state index in [4.69, 9.17) is 0 Å². The van der Waals surface area contributed by atoms with Crippen LogP contribution in [0.3, 0.4) is 0 Å². The van der Waals surface area contributed by atoms with Crippen LogP contribution in [-0.4, -0.2) is 63.3 Å². The lowest BCUT2D eigenvalue weighted by Gasteiger charge is -2.41. The molecule has 8 heteroatoms. The van der Waals surface area contributed by atoms with Gasteiger partial charge in [0.05, 0.1) is 0 Å². The molecule has 3 rings (SSSR count). The molecule has 1 aliphatic rings. The highest BCUT2D eigenvalue weighted by Crippen LogP contribution is 2.19. The Morgan fingerprint density at radius 1 is 1.31 bits per heavy atom. The van der Waals surface area contributed by atoms with Gasteiger partial charge in [-0.15, -0.1) is 0 Å². The molecule has 0 radical (unpaired) electrons. The van der Waals surface area contributed by atoms with E-state index in [1.807, 2.05) is 6.92 Å². The number of piperazine rings is 1. The van der Waals surface area contributed by atoms with Crippen LogP contribution >= 0.6 is 0 Å². The van der Waals surface area contributed by atoms with Gasteiger partial charge >= 0.3 is 0 Å². The number of carbonyl (C=O) groups excluding carboxylic acids is 1. The zero-order valence-corrected chi connectivity index (χ0v) is 14.6. The SMILES string of the molecule is Cc1cc(C(=O)N2CCN(Cc3ccc(F)c(F)c3)[C@@H](CCO)C2)n[nH]1. The smallest absolute Gasteiger partial charge is 0.274 e. The molecule has 1 saturated heterocycles. The maximum atomic E-state index is 13.4. The van der Waals surface area contributed by atoms with Crippen molar-refractivity contribution < 1.29 is 18.7 Å². The van der Waals surface area contributed by atoms with Crippen LogP contribution in [0.15, 0.2) is 24.3 Å². The maximum absolute atomic E-state index is 13.4. The van der Waals surface area contributed by atoms with Crippen molar-refractivity contribution in [3.05, 3.63) is 52.9 Å². The van der Waals surface area contributed by atoms with Crippen molar-refractivity contribution in [3.8, 4) is 0 Å². The minimum Gasteiger partial charge on any atom is -0.396 e. The fraction of sp³-hybridized carbons (Fsp3) is 0.444. The molecule has 140 valence electrons. The first kappa shape index (κ1) is 18.5. The molecule has 1 atom stereocenters. The first-order chi connectivity index (χ1) is 12.5. The highest BCUT2D eigenvalue weighted by atomic mass is 19.2. The molecular formula is C18H22F2N4O2. The molecular weight excluding hydrogens is 342 g/mol. The van der Waals surface area contributed by atoms with E-state index in [0.717, 1.165) is 11.8 Å². The Labute approximate surface area is 150 Å². The van der Waals surface area contributed by atoms with Crippen LogP contribution in [0, 0.1) is 18.6 Å². The number of aromatic amines is 1. The first-order valence-electron chi connectivity index (χ1n) is 8.58. The normalized spacial score (nSPS) is 18.3. The van der Waals surface area contributed by atoms with Crippen molar-refractivity contribution in [1.82, 2.24) is 20.0 Å². The number of H-pyrrole nitrogens is 1. The fourth-order valence-corrected chi connectivity index (χ4v) is 3.27. The number of halogens is 2. The first-order valence-corrected chi connectivity index (χ1v) is 8.58. The second-order valence-corrected chi connectivity index (χ2v) is 6.57. The van der Waals surface area contributed by atoms with Gasteiger partial charge in [0, 0.05) is 44.5 Å². The Kier molecular flexibility index (Phi) is 5.63. The summed E-state index contributed by atoms with van der Waals surface area (Å²) in [5.74, 6) is -1.89. The van der Waals surface area contributed by atoms with E-state index in [0.29, 0.717) is 43.9 Å². The average Bonchev–Trinajstić information content (AvgIpc) is 3.05. The van der Waals surface area contributed by atoms with Gasteiger partial charge in [-0.2, -0.15) is 5.10 Å². The predicted octanol–water partition coefficient (Wildman–Crippen LogP) is 1.71. The van der Waals surface area contributed by atoms with Gasteiger partial charge in [-0.25, -0.2) is 8.78 Å². The van der Waals surface area contributed by atoms with E-state index in [9.17, 15) is 18.7 Å². The zero-order valence-electron chi connectivity index (χ0n) is 14.6. The van der Waals surface area contributed by atoms with Crippen LogP contribution in [0.1, 0.15) is 28.2 Å². The van der Waals surface area contributed by atoms with Gasteiger partial charge in [0.15, 0.2) is 11.6 Å². The number of aliphatic hydroxyl groups is 1. The van der Waals surface area contributed by atoms with Crippen molar-refractivity contribution in [2.75, 3.05) is 26.2 Å². The van der Waals surface area contributed by atoms with Gasteiger partial charge < -0.3 is 10.0 Å². The lowest BCUT2D eigenvalue weighted by molar-refractivity contribution is 0.0390. The number of aryl methyl sites for hydroxylation is 1. The summed E-state index contributed by atoms with van der Waals surface area (Å²) in [7, 11) is 0. The second-order valence-electron chi connectivity index (χ2n) is 6.57. The van der Waals surface area contributed by atoms with Gasteiger partial charge in [0.25, 0.3) is 5.91 Å². The summed E-state index contributed by atoms with van der Waals surface area (Å²) < 4.78 is 26.5. The molecule has 0 spiro atoms. The molecule has 26 heavy (non-hydrogen) atoms. The second kappa shape index (κ2) is 7.92. The number of nitrogens with one attached hydrogen (secondary N) is 1. The van der Waals surface area contributed by atoms with E-state index in [1.54, 1.807) is 17.0 Å². The van der Waals surface area contributed by atoms with E-state index in [-0.39, 0.29) is 18.6 Å². The molecule has 1 fully saturated rings. The van der Waals surface area contributed by atoms with E-state index in [2.05, 4.69) is 15.1 Å². The minimum absolute atomic E-state index is 0.0114. The lowest BCUT2D eigenvalue weighted by atomic mass is 10.1. The predicted molar refractivity (Wildman–Crippen MR) is 91.5 cm³/mol. The lowest BCUT2D eigenvalue weighted by Crippen LogP contribution is -2.54. The fourth-order valence-electron chi connectivity index (χ4n) is 3.27. The number of amides is 1. The molecule has 1 aliphatic heterocycles. The van der Waals surface area contributed by atoms with Crippen molar-refractivity contribution in [1.29, 1.82) is 0 Å². The minimum atomic E-state index is -0.871. The molecule has 1 amide bonds. The zero-order chi connectivity index (χ0) is 18.7. The highest BCUT2D eigenvalue weighted by molar-refractivity contribution is 5.92. The van der Waals surface area contributed by atoms with Crippen LogP contribution in [0.5, 0.6) is 0 Å². The standard InChI is InChI=1S/C18H22F2N4O2/c1-12-8-17(22-21-12)18(26)24-6-5-23(14(11-24)4-7-25)10-13-2-3-15(19)16(20)9-13/h2-3,8-9,14,25H,4-7,10-11H2,1H3,(H,21,22)/t14-/m0/s1. The number of carbonyl (C=O) groups is 1. The monoisotopic (exact) mass is 364 g/mol. The Hall–Kier alpha value is -2.32. The molecule has 0 unspecified atom stereocenters. The van der Waals surface area contributed by atoms with Gasteiger partial charge in [0.1, 0.15) is 5.69 Å². The van der Waals surface area contributed by atoms with Gasteiger partial charge in [0.2, 0.25) is 0 Å². The number of nitrogens with zero attached hydrogens (tertiary/aromatic N) is 3. The molecule has 1 aromatic carbocycles. The summed E-state index contributed by atoms with van der Waals surface area (Å²) in [4.78, 5) is 16.4. The summed E-state index contributed by atoms with van der Waals surface area (Å²) in [5.41, 5.74) is 1.85.